The molecule has 0 atom stereocenters. The molecule has 21 heavy (non-hydrogen) atoms. The summed E-state index contributed by atoms with van der Waals surface area (Å²) < 4.78 is 1.36. The van der Waals surface area contributed by atoms with Crippen molar-refractivity contribution in [2.75, 3.05) is 0 Å². The number of hydrogen-bond donors (Lipinski definition) is 1. The second-order valence-electron chi connectivity index (χ2n) is 4.19. The van der Waals surface area contributed by atoms with Crippen LogP contribution in [0.3, 0.4) is 0 Å². The molecule has 2 aromatic rings. The molecular formula is C13H9ClN2O5. The minimum atomic E-state index is -1.36. The van der Waals surface area contributed by atoms with E-state index >= 15 is 0 Å². The SMILES string of the molecule is O=C(O)c1cn(Cc2c(Cl)cccc2[N+](=O)[O-])ccc1=O. The van der Waals surface area contributed by atoms with E-state index in [9.17, 15) is 19.7 Å². The van der Waals surface area contributed by atoms with Gasteiger partial charge >= 0.3 is 5.97 Å². The van der Waals surface area contributed by atoms with Gasteiger partial charge in [-0.25, -0.2) is 4.79 Å². The standard InChI is InChI=1S/C13H9ClN2O5/c14-10-2-1-3-11(16(20)21)8(10)6-15-5-4-12(17)9(7-15)13(18)19/h1-5,7H,6H2,(H,18,19). The van der Waals surface area contributed by atoms with E-state index in [-0.39, 0.29) is 22.8 Å². The summed E-state index contributed by atoms with van der Waals surface area (Å²) in [6, 6.07) is 5.36. The van der Waals surface area contributed by atoms with E-state index in [2.05, 4.69) is 0 Å². The van der Waals surface area contributed by atoms with Gasteiger partial charge in [0, 0.05) is 24.5 Å². The minimum absolute atomic E-state index is 0.0173. The summed E-state index contributed by atoms with van der Waals surface area (Å²) in [5.74, 6) is -1.36. The number of halogens is 1. The summed E-state index contributed by atoms with van der Waals surface area (Å²) in [6.45, 7) is -0.0173. The van der Waals surface area contributed by atoms with Crippen molar-refractivity contribution in [1.82, 2.24) is 4.57 Å². The van der Waals surface area contributed by atoms with Gasteiger partial charge in [-0.05, 0) is 6.07 Å². The predicted molar refractivity (Wildman–Crippen MR) is 74.9 cm³/mol. The van der Waals surface area contributed by atoms with Crippen molar-refractivity contribution >= 4 is 23.3 Å². The van der Waals surface area contributed by atoms with E-state index in [1.54, 1.807) is 0 Å². The zero-order chi connectivity index (χ0) is 15.6. The summed E-state index contributed by atoms with van der Waals surface area (Å²) in [5.41, 5.74) is -0.971. The molecule has 7 nitrogen and oxygen atoms in total. The van der Waals surface area contributed by atoms with Crippen LogP contribution in [0.15, 0.2) is 41.5 Å². The van der Waals surface area contributed by atoms with Crippen molar-refractivity contribution in [1.29, 1.82) is 0 Å². The van der Waals surface area contributed by atoms with E-state index in [1.165, 1.54) is 29.0 Å². The van der Waals surface area contributed by atoms with Gasteiger partial charge in [0.25, 0.3) is 5.69 Å². The number of rotatable bonds is 4. The monoisotopic (exact) mass is 308 g/mol. The minimum Gasteiger partial charge on any atom is -0.477 e. The molecule has 0 saturated heterocycles. The molecule has 0 unspecified atom stereocenters. The van der Waals surface area contributed by atoms with Gasteiger partial charge in [0.05, 0.1) is 22.1 Å². The van der Waals surface area contributed by atoms with Gasteiger partial charge in [0.2, 0.25) is 0 Å². The van der Waals surface area contributed by atoms with Gasteiger partial charge in [-0.2, -0.15) is 0 Å². The number of pyridine rings is 1. The third kappa shape index (κ3) is 3.09. The first-order valence-corrected chi connectivity index (χ1v) is 6.13. The number of nitro groups is 1. The molecule has 108 valence electrons. The van der Waals surface area contributed by atoms with Crippen molar-refractivity contribution < 1.29 is 14.8 Å². The van der Waals surface area contributed by atoms with Crippen LogP contribution in [0.5, 0.6) is 0 Å². The number of nitrogens with zero attached hydrogens (tertiary/aromatic N) is 2. The second kappa shape index (κ2) is 5.76. The predicted octanol–water partition coefficient (Wildman–Crippen LogP) is 2.16. The fourth-order valence-electron chi connectivity index (χ4n) is 1.84. The highest BCUT2D eigenvalue weighted by atomic mass is 35.5. The zero-order valence-electron chi connectivity index (χ0n) is 10.5. The Balaban J connectivity index is 2.48. The third-order valence-corrected chi connectivity index (χ3v) is 3.19. The van der Waals surface area contributed by atoms with Crippen LogP contribution in [-0.2, 0) is 6.54 Å². The second-order valence-corrected chi connectivity index (χ2v) is 4.60. The van der Waals surface area contributed by atoms with E-state index in [1.807, 2.05) is 0 Å². The molecule has 0 bridgehead atoms. The molecule has 0 spiro atoms. The molecule has 1 N–H and O–H groups in total. The van der Waals surface area contributed by atoms with Crippen molar-refractivity contribution in [2.45, 2.75) is 6.54 Å². The van der Waals surface area contributed by atoms with E-state index in [0.717, 1.165) is 12.3 Å². The lowest BCUT2D eigenvalue weighted by atomic mass is 10.1. The molecular weight excluding hydrogens is 300 g/mol. The average molecular weight is 309 g/mol. The van der Waals surface area contributed by atoms with Gasteiger partial charge in [0.1, 0.15) is 5.56 Å². The van der Waals surface area contributed by atoms with E-state index in [0.29, 0.717) is 0 Å². The van der Waals surface area contributed by atoms with Gasteiger partial charge in [-0.15, -0.1) is 0 Å². The summed E-state index contributed by atoms with van der Waals surface area (Å²) in [5, 5.41) is 20.1. The van der Waals surface area contributed by atoms with Crippen LogP contribution < -0.4 is 5.43 Å². The van der Waals surface area contributed by atoms with Crippen LogP contribution in [0.1, 0.15) is 15.9 Å². The van der Waals surface area contributed by atoms with Crippen LogP contribution in [0, 0.1) is 10.1 Å². The summed E-state index contributed by atoms with van der Waals surface area (Å²) >= 11 is 5.96. The molecule has 0 amide bonds. The van der Waals surface area contributed by atoms with Crippen molar-refractivity contribution in [2.24, 2.45) is 0 Å². The maximum Gasteiger partial charge on any atom is 0.341 e. The largest absolute Gasteiger partial charge is 0.477 e. The fourth-order valence-corrected chi connectivity index (χ4v) is 2.07. The molecule has 0 aliphatic carbocycles. The molecule has 8 heteroatoms. The molecule has 0 aliphatic heterocycles. The zero-order valence-corrected chi connectivity index (χ0v) is 11.3. The van der Waals surface area contributed by atoms with E-state index in [4.69, 9.17) is 16.7 Å². The first-order chi connectivity index (χ1) is 9.90. The number of aromatic nitrogens is 1. The van der Waals surface area contributed by atoms with Crippen LogP contribution in [0.2, 0.25) is 5.02 Å². The molecule has 0 radical (unpaired) electrons. The Bertz CT molecular complexity index is 784. The Hall–Kier alpha value is -2.67. The Morgan fingerprint density at radius 2 is 2.10 bits per heavy atom. The maximum absolute atomic E-state index is 11.4. The molecule has 1 aromatic heterocycles. The first kappa shape index (κ1) is 14.7. The number of nitro benzene ring substituents is 1. The topological polar surface area (TPSA) is 102 Å². The number of aromatic carboxylic acids is 1. The highest BCUT2D eigenvalue weighted by molar-refractivity contribution is 6.31. The molecule has 0 saturated carbocycles. The van der Waals surface area contributed by atoms with Gasteiger partial charge < -0.3 is 9.67 Å². The number of carboxylic acids is 1. The van der Waals surface area contributed by atoms with Crippen LogP contribution in [-0.4, -0.2) is 20.6 Å². The lowest BCUT2D eigenvalue weighted by molar-refractivity contribution is -0.385. The highest BCUT2D eigenvalue weighted by Gasteiger charge is 2.17. The number of carbonyl (C=O) groups is 1. The number of carboxylic acid groups (broad SMARTS) is 1. The van der Waals surface area contributed by atoms with Crippen molar-refractivity contribution in [3.63, 3.8) is 0 Å². The smallest absolute Gasteiger partial charge is 0.341 e. The Morgan fingerprint density at radius 1 is 1.38 bits per heavy atom. The lowest BCUT2D eigenvalue weighted by Gasteiger charge is -2.09. The molecule has 2 rings (SSSR count). The van der Waals surface area contributed by atoms with Crippen LogP contribution >= 0.6 is 11.6 Å². The molecule has 0 aliphatic rings. The Morgan fingerprint density at radius 3 is 2.71 bits per heavy atom. The molecule has 1 aromatic carbocycles. The van der Waals surface area contributed by atoms with Crippen LogP contribution in [0.4, 0.5) is 5.69 Å². The summed E-state index contributed by atoms with van der Waals surface area (Å²) in [6.07, 6.45) is 2.47. The first-order valence-electron chi connectivity index (χ1n) is 5.75. The van der Waals surface area contributed by atoms with E-state index < -0.39 is 21.9 Å². The third-order valence-electron chi connectivity index (χ3n) is 2.84. The lowest BCUT2D eigenvalue weighted by Crippen LogP contribution is -2.17. The van der Waals surface area contributed by atoms with Gasteiger partial charge in [-0.1, -0.05) is 17.7 Å². The fraction of sp³-hybridized carbons (Fsp3) is 0.0769. The van der Waals surface area contributed by atoms with Gasteiger partial charge in [-0.3, -0.25) is 14.9 Å². The average Bonchev–Trinajstić information content (AvgIpc) is 2.42. The summed E-state index contributed by atoms with van der Waals surface area (Å²) in [4.78, 5) is 32.7. The molecule has 1 heterocycles. The van der Waals surface area contributed by atoms with Gasteiger partial charge in [0.15, 0.2) is 5.43 Å². The maximum atomic E-state index is 11.4. The van der Waals surface area contributed by atoms with Crippen LogP contribution in [0.25, 0.3) is 0 Å². The normalized spacial score (nSPS) is 10.3. The number of hydrogen-bond acceptors (Lipinski definition) is 4. The number of benzene rings is 1. The van der Waals surface area contributed by atoms with Crippen molar-refractivity contribution in [3.05, 3.63) is 73.1 Å². The Labute approximate surface area is 123 Å². The van der Waals surface area contributed by atoms with Crippen molar-refractivity contribution in [3.8, 4) is 0 Å². The molecule has 0 fully saturated rings. The summed E-state index contributed by atoms with van der Waals surface area (Å²) in [7, 11) is 0. The Kier molecular flexibility index (Phi) is 4.04. The highest BCUT2D eigenvalue weighted by Crippen LogP contribution is 2.26. The quantitative estimate of drug-likeness (QED) is 0.688.